The van der Waals surface area contributed by atoms with Crippen LogP contribution in [0.5, 0.6) is 17.2 Å². The molecule has 3 aromatic carbocycles. The van der Waals surface area contributed by atoms with Gasteiger partial charge in [0.2, 0.25) is 0 Å². The Kier molecular flexibility index (Phi) is 7.24. The number of hydrogen-bond donors (Lipinski definition) is 0. The van der Waals surface area contributed by atoms with Gasteiger partial charge in [0.1, 0.15) is 5.75 Å². The molecule has 0 radical (unpaired) electrons. The summed E-state index contributed by atoms with van der Waals surface area (Å²) in [5.41, 5.74) is -3.95. The van der Waals surface area contributed by atoms with Crippen molar-refractivity contribution in [3.63, 3.8) is 0 Å². The molecule has 4 aromatic rings. The van der Waals surface area contributed by atoms with E-state index in [1.807, 2.05) is 0 Å². The van der Waals surface area contributed by atoms with Gasteiger partial charge in [0, 0.05) is 16.5 Å². The van der Waals surface area contributed by atoms with Crippen molar-refractivity contribution in [2.45, 2.75) is 12.4 Å². The van der Waals surface area contributed by atoms with Gasteiger partial charge in [-0.1, -0.05) is 11.8 Å². The summed E-state index contributed by atoms with van der Waals surface area (Å²) in [4.78, 5) is 12.9. The van der Waals surface area contributed by atoms with Crippen LogP contribution in [-0.4, -0.2) is 21.3 Å². The Morgan fingerprint density at radius 3 is 1.72 bits per heavy atom. The van der Waals surface area contributed by atoms with Gasteiger partial charge in [-0.15, -0.1) is 0 Å². The Hall–Kier alpha value is -4.59. The van der Waals surface area contributed by atoms with Gasteiger partial charge in [-0.3, -0.25) is 0 Å². The highest BCUT2D eigenvalue weighted by molar-refractivity contribution is 5.94. The molecule has 5 nitrogen and oxygen atoms in total. The lowest BCUT2D eigenvalue weighted by atomic mass is 9.99. The zero-order valence-electron chi connectivity index (χ0n) is 20.5. The van der Waals surface area contributed by atoms with E-state index < -0.39 is 34.7 Å². The number of rotatable bonds is 4. The fraction of sp³-hybridized carbons (Fsp3) is 0.179. The number of halogens is 6. The molecule has 0 aliphatic heterocycles. The van der Waals surface area contributed by atoms with E-state index in [2.05, 4.69) is 11.8 Å². The predicted molar refractivity (Wildman–Crippen MR) is 130 cm³/mol. The van der Waals surface area contributed by atoms with Gasteiger partial charge < -0.3 is 18.6 Å². The summed E-state index contributed by atoms with van der Waals surface area (Å²) in [6.07, 6.45) is -10.1. The second kappa shape index (κ2) is 10.3. The molecule has 1 aromatic heterocycles. The molecule has 0 saturated carbocycles. The normalized spacial score (nSPS) is 11.6. The van der Waals surface area contributed by atoms with E-state index in [-0.39, 0.29) is 39.7 Å². The van der Waals surface area contributed by atoms with Crippen molar-refractivity contribution >= 4 is 10.8 Å². The van der Waals surface area contributed by atoms with E-state index >= 15 is 0 Å². The van der Waals surface area contributed by atoms with Crippen LogP contribution < -0.4 is 19.8 Å². The molecule has 202 valence electrons. The van der Waals surface area contributed by atoms with Gasteiger partial charge in [0.25, 0.3) is 0 Å². The first kappa shape index (κ1) is 27.4. The summed E-state index contributed by atoms with van der Waals surface area (Å²) in [6, 6.07) is 10.1. The first-order valence-corrected chi connectivity index (χ1v) is 11.0. The van der Waals surface area contributed by atoms with Crippen molar-refractivity contribution in [2.75, 3.05) is 21.3 Å². The van der Waals surface area contributed by atoms with Crippen LogP contribution in [0.25, 0.3) is 22.1 Å². The summed E-state index contributed by atoms with van der Waals surface area (Å²) in [7, 11) is 4.15. The van der Waals surface area contributed by atoms with Gasteiger partial charge in [0.05, 0.1) is 43.4 Å². The van der Waals surface area contributed by atoms with E-state index in [1.54, 1.807) is 24.3 Å². The van der Waals surface area contributed by atoms with Gasteiger partial charge in [-0.25, -0.2) is 4.79 Å². The van der Waals surface area contributed by atoms with E-state index in [0.29, 0.717) is 23.4 Å². The minimum atomic E-state index is -5.04. The number of benzene rings is 3. The summed E-state index contributed by atoms with van der Waals surface area (Å²) < 4.78 is 101. The van der Waals surface area contributed by atoms with Crippen LogP contribution in [0.2, 0.25) is 0 Å². The van der Waals surface area contributed by atoms with Crippen LogP contribution in [-0.2, 0) is 12.4 Å². The molecule has 0 fully saturated rings. The quantitative estimate of drug-likeness (QED) is 0.205. The standard InChI is InChI=1S/C28H18F6O5/c1-36-19-7-5-16(6-8-19)25-20(21-13-23(37-2)24(38-3)14-22(21)26(35)39-25)9-4-15-10-17(27(29,30)31)12-18(11-15)28(32,33)34/h5-8,10-14H,1-3H3. The maximum absolute atomic E-state index is 13.4. The lowest BCUT2D eigenvalue weighted by Crippen LogP contribution is -2.11. The molecule has 0 bridgehead atoms. The van der Waals surface area contributed by atoms with Crippen LogP contribution in [0.1, 0.15) is 22.3 Å². The van der Waals surface area contributed by atoms with Crippen LogP contribution in [0, 0.1) is 11.8 Å². The molecule has 0 unspecified atom stereocenters. The molecule has 0 aliphatic carbocycles. The van der Waals surface area contributed by atoms with Crippen molar-refractivity contribution in [3.05, 3.63) is 87.3 Å². The smallest absolute Gasteiger partial charge is 0.416 e. The van der Waals surface area contributed by atoms with E-state index in [4.69, 9.17) is 18.6 Å². The molecule has 0 N–H and O–H groups in total. The largest absolute Gasteiger partial charge is 0.497 e. The highest BCUT2D eigenvalue weighted by Gasteiger charge is 2.36. The van der Waals surface area contributed by atoms with Crippen molar-refractivity contribution in [3.8, 4) is 40.4 Å². The van der Waals surface area contributed by atoms with E-state index in [0.717, 1.165) is 0 Å². The van der Waals surface area contributed by atoms with E-state index in [1.165, 1.54) is 33.5 Å². The van der Waals surface area contributed by atoms with Crippen LogP contribution in [0.4, 0.5) is 26.3 Å². The lowest BCUT2D eigenvalue weighted by Gasteiger charge is -2.13. The average Bonchev–Trinajstić information content (AvgIpc) is 2.90. The minimum absolute atomic E-state index is 0.00855. The summed E-state index contributed by atoms with van der Waals surface area (Å²) in [5.74, 6) is 5.85. The third kappa shape index (κ3) is 5.65. The van der Waals surface area contributed by atoms with Crippen LogP contribution in [0.3, 0.4) is 0 Å². The zero-order chi connectivity index (χ0) is 28.5. The molecule has 4 rings (SSSR count). The monoisotopic (exact) mass is 548 g/mol. The predicted octanol–water partition coefficient (Wildman–Crippen LogP) is 6.92. The molecule has 0 atom stereocenters. The Bertz CT molecular complexity index is 1620. The van der Waals surface area contributed by atoms with Gasteiger partial charge >= 0.3 is 18.0 Å². The Labute approximate surface area is 217 Å². The molecule has 11 heteroatoms. The Morgan fingerprint density at radius 2 is 1.23 bits per heavy atom. The third-order valence-corrected chi connectivity index (χ3v) is 5.71. The maximum atomic E-state index is 13.4. The first-order valence-electron chi connectivity index (χ1n) is 11.0. The van der Waals surface area contributed by atoms with E-state index in [9.17, 15) is 31.1 Å². The van der Waals surface area contributed by atoms with Gasteiger partial charge in [-0.05, 0) is 54.6 Å². The molecular weight excluding hydrogens is 530 g/mol. The highest BCUT2D eigenvalue weighted by atomic mass is 19.4. The minimum Gasteiger partial charge on any atom is -0.497 e. The maximum Gasteiger partial charge on any atom is 0.416 e. The van der Waals surface area contributed by atoms with Crippen molar-refractivity contribution in [1.29, 1.82) is 0 Å². The summed E-state index contributed by atoms with van der Waals surface area (Å²) in [5, 5.41) is 0.194. The molecule has 1 heterocycles. The van der Waals surface area contributed by atoms with Crippen LogP contribution >= 0.6 is 0 Å². The van der Waals surface area contributed by atoms with Crippen LogP contribution in [0.15, 0.2) is 63.8 Å². The fourth-order valence-electron chi connectivity index (χ4n) is 3.81. The number of methoxy groups -OCH3 is 3. The summed E-state index contributed by atoms with van der Waals surface area (Å²) >= 11 is 0. The fourth-order valence-corrected chi connectivity index (χ4v) is 3.81. The SMILES string of the molecule is COc1ccc(-c2oc(=O)c3cc(OC)c(OC)cc3c2C#Cc2cc(C(F)(F)F)cc(C(F)(F)F)c2)cc1. The third-order valence-electron chi connectivity index (χ3n) is 5.71. The molecular formula is C28H18F6O5. The molecule has 39 heavy (non-hydrogen) atoms. The van der Waals surface area contributed by atoms with Gasteiger partial charge in [-0.2, -0.15) is 26.3 Å². The van der Waals surface area contributed by atoms with Crippen molar-refractivity contribution in [1.82, 2.24) is 0 Å². The van der Waals surface area contributed by atoms with Gasteiger partial charge in [0.15, 0.2) is 17.3 Å². The second-order valence-corrected chi connectivity index (χ2v) is 8.12. The number of hydrogen-bond acceptors (Lipinski definition) is 5. The lowest BCUT2D eigenvalue weighted by molar-refractivity contribution is -0.143. The Balaban J connectivity index is 2.04. The van der Waals surface area contributed by atoms with Crippen molar-refractivity contribution in [2.24, 2.45) is 0 Å². The second-order valence-electron chi connectivity index (χ2n) is 8.12. The number of alkyl halides is 6. The van der Waals surface area contributed by atoms with Crippen molar-refractivity contribution < 1.29 is 45.0 Å². The number of fused-ring (bicyclic) bond motifs is 1. The average molecular weight is 548 g/mol. The number of ether oxygens (including phenoxy) is 3. The zero-order valence-corrected chi connectivity index (χ0v) is 20.5. The molecule has 0 aliphatic rings. The first-order chi connectivity index (χ1) is 18.3. The summed E-state index contributed by atoms with van der Waals surface area (Å²) in [6.45, 7) is 0. The Morgan fingerprint density at radius 1 is 0.692 bits per heavy atom. The molecule has 0 spiro atoms. The molecule has 0 amide bonds. The molecule has 0 saturated heterocycles. The topological polar surface area (TPSA) is 57.9 Å². The highest BCUT2D eigenvalue weighted by Crippen LogP contribution is 2.38.